The van der Waals surface area contributed by atoms with Crippen molar-refractivity contribution in [1.82, 2.24) is 15.1 Å². The molecule has 1 aromatic carbocycles. The van der Waals surface area contributed by atoms with E-state index in [2.05, 4.69) is 36.2 Å². The van der Waals surface area contributed by atoms with Crippen LogP contribution in [0.15, 0.2) is 24.3 Å². The molecular formula is C24H37N3O4. The summed E-state index contributed by atoms with van der Waals surface area (Å²) in [4.78, 5) is 29.3. The molecule has 0 bridgehead atoms. The molecule has 31 heavy (non-hydrogen) atoms. The second-order valence-corrected chi connectivity index (χ2v) is 9.77. The van der Waals surface area contributed by atoms with Crippen molar-refractivity contribution in [3.8, 4) is 0 Å². The number of nitrogens with zero attached hydrogens (tertiary/aromatic N) is 2. The van der Waals surface area contributed by atoms with Crippen LogP contribution < -0.4 is 5.32 Å². The van der Waals surface area contributed by atoms with E-state index >= 15 is 0 Å². The molecule has 0 saturated carbocycles. The summed E-state index contributed by atoms with van der Waals surface area (Å²) in [7, 11) is 0. The average molecular weight is 432 g/mol. The highest BCUT2D eigenvalue weighted by molar-refractivity contribution is 5.86. The average Bonchev–Trinajstić information content (AvgIpc) is 3.15. The van der Waals surface area contributed by atoms with Gasteiger partial charge in [0.15, 0.2) is 0 Å². The standard InChI is InChI=1S/C24H37N3O4/c1-17-14-26(15-18(2)30-17)16-20-10-7-6-9-19(20)13-25-22(28)21-11-8-12-27(21)23(29)31-24(3,4)5/h6-7,9-10,17-18,21H,8,11-16H2,1-5H3,(H,25,28)/t17-,18+,21-/m0/s1. The first-order valence-corrected chi connectivity index (χ1v) is 11.3. The Labute approximate surface area is 186 Å². The molecule has 7 heteroatoms. The van der Waals surface area contributed by atoms with Gasteiger partial charge in [-0.1, -0.05) is 24.3 Å². The second kappa shape index (κ2) is 10.0. The molecule has 0 radical (unpaired) electrons. The lowest BCUT2D eigenvalue weighted by atomic mass is 10.1. The molecule has 0 aromatic heterocycles. The predicted molar refractivity (Wildman–Crippen MR) is 120 cm³/mol. The van der Waals surface area contributed by atoms with Crippen LogP contribution in [0.3, 0.4) is 0 Å². The third-order valence-electron chi connectivity index (χ3n) is 5.64. The lowest BCUT2D eigenvalue weighted by Gasteiger charge is -2.35. The number of rotatable bonds is 5. The molecule has 2 fully saturated rings. The van der Waals surface area contributed by atoms with Crippen LogP contribution in [-0.2, 0) is 27.4 Å². The highest BCUT2D eigenvalue weighted by Crippen LogP contribution is 2.22. The minimum absolute atomic E-state index is 0.119. The Bertz CT molecular complexity index is 766. The van der Waals surface area contributed by atoms with Gasteiger partial charge in [0, 0.05) is 32.7 Å². The number of amides is 2. The summed E-state index contributed by atoms with van der Waals surface area (Å²) in [5, 5.41) is 3.05. The molecule has 7 nitrogen and oxygen atoms in total. The van der Waals surface area contributed by atoms with Gasteiger partial charge in [0.1, 0.15) is 11.6 Å². The van der Waals surface area contributed by atoms with Crippen molar-refractivity contribution < 1.29 is 19.1 Å². The number of hydrogen-bond donors (Lipinski definition) is 1. The van der Waals surface area contributed by atoms with Crippen LogP contribution >= 0.6 is 0 Å². The van der Waals surface area contributed by atoms with Crippen LogP contribution in [0.25, 0.3) is 0 Å². The monoisotopic (exact) mass is 431 g/mol. The normalized spacial score (nSPS) is 24.8. The number of hydrogen-bond acceptors (Lipinski definition) is 5. The van der Waals surface area contributed by atoms with Gasteiger partial charge >= 0.3 is 6.09 Å². The third-order valence-corrected chi connectivity index (χ3v) is 5.64. The Morgan fingerprint density at radius 3 is 2.42 bits per heavy atom. The molecule has 0 aliphatic carbocycles. The molecule has 0 spiro atoms. The van der Waals surface area contributed by atoms with Gasteiger partial charge in [-0.05, 0) is 58.6 Å². The number of benzene rings is 1. The molecule has 2 saturated heterocycles. The summed E-state index contributed by atoms with van der Waals surface area (Å²) in [5.41, 5.74) is 1.73. The Hall–Kier alpha value is -2.12. The van der Waals surface area contributed by atoms with Crippen molar-refractivity contribution in [3.63, 3.8) is 0 Å². The molecule has 1 aromatic rings. The lowest BCUT2D eigenvalue weighted by molar-refractivity contribution is -0.125. The van der Waals surface area contributed by atoms with Crippen molar-refractivity contribution >= 4 is 12.0 Å². The molecule has 2 aliphatic rings. The molecule has 1 N–H and O–H groups in total. The summed E-state index contributed by atoms with van der Waals surface area (Å²) in [6.45, 7) is 13.3. The summed E-state index contributed by atoms with van der Waals surface area (Å²) in [6.07, 6.45) is 1.49. The van der Waals surface area contributed by atoms with E-state index in [1.54, 1.807) is 4.90 Å². The lowest BCUT2D eigenvalue weighted by Crippen LogP contribution is -2.47. The summed E-state index contributed by atoms with van der Waals surface area (Å²) >= 11 is 0. The Balaban J connectivity index is 1.59. The Morgan fingerprint density at radius 2 is 1.77 bits per heavy atom. The fourth-order valence-corrected chi connectivity index (χ4v) is 4.42. The van der Waals surface area contributed by atoms with E-state index in [9.17, 15) is 9.59 Å². The third kappa shape index (κ3) is 6.68. The number of nitrogens with one attached hydrogen (secondary N) is 1. The molecule has 3 rings (SSSR count). The quantitative estimate of drug-likeness (QED) is 0.775. The van der Waals surface area contributed by atoms with Gasteiger partial charge in [-0.15, -0.1) is 0 Å². The van der Waals surface area contributed by atoms with Crippen molar-refractivity contribution in [1.29, 1.82) is 0 Å². The molecular weight excluding hydrogens is 394 g/mol. The zero-order valence-electron chi connectivity index (χ0n) is 19.5. The highest BCUT2D eigenvalue weighted by Gasteiger charge is 2.36. The maximum atomic E-state index is 12.9. The van der Waals surface area contributed by atoms with Gasteiger partial charge in [0.2, 0.25) is 5.91 Å². The maximum Gasteiger partial charge on any atom is 0.410 e. The van der Waals surface area contributed by atoms with E-state index in [1.165, 1.54) is 5.56 Å². The van der Waals surface area contributed by atoms with Gasteiger partial charge in [0.05, 0.1) is 12.2 Å². The van der Waals surface area contributed by atoms with Crippen molar-refractivity contribution in [2.24, 2.45) is 0 Å². The molecule has 2 heterocycles. The second-order valence-electron chi connectivity index (χ2n) is 9.77. The summed E-state index contributed by atoms with van der Waals surface area (Å²) in [6, 6.07) is 7.74. The van der Waals surface area contributed by atoms with Gasteiger partial charge < -0.3 is 14.8 Å². The molecule has 2 amide bonds. The smallest absolute Gasteiger partial charge is 0.410 e. The Morgan fingerprint density at radius 1 is 1.13 bits per heavy atom. The van der Waals surface area contributed by atoms with Crippen LogP contribution in [0.4, 0.5) is 4.79 Å². The van der Waals surface area contributed by atoms with E-state index in [1.807, 2.05) is 32.9 Å². The zero-order valence-corrected chi connectivity index (χ0v) is 19.5. The van der Waals surface area contributed by atoms with Crippen LogP contribution in [0, 0.1) is 0 Å². The largest absolute Gasteiger partial charge is 0.444 e. The fourth-order valence-electron chi connectivity index (χ4n) is 4.42. The molecule has 3 atom stereocenters. The Kier molecular flexibility index (Phi) is 7.59. The summed E-state index contributed by atoms with van der Waals surface area (Å²) in [5.74, 6) is -0.119. The van der Waals surface area contributed by atoms with Gasteiger partial charge in [-0.2, -0.15) is 0 Å². The predicted octanol–water partition coefficient (Wildman–Crippen LogP) is 3.31. The van der Waals surface area contributed by atoms with Crippen molar-refractivity contribution in [2.75, 3.05) is 19.6 Å². The van der Waals surface area contributed by atoms with Gasteiger partial charge in [-0.3, -0.25) is 14.6 Å². The van der Waals surface area contributed by atoms with Gasteiger partial charge in [0.25, 0.3) is 0 Å². The molecule has 0 unspecified atom stereocenters. The van der Waals surface area contributed by atoms with E-state index in [0.717, 1.165) is 31.6 Å². The van der Waals surface area contributed by atoms with E-state index < -0.39 is 17.7 Å². The van der Waals surface area contributed by atoms with Crippen molar-refractivity contribution in [3.05, 3.63) is 35.4 Å². The van der Waals surface area contributed by atoms with Crippen LogP contribution in [0.2, 0.25) is 0 Å². The van der Waals surface area contributed by atoms with E-state index in [0.29, 0.717) is 19.5 Å². The SMILES string of the molecule is C[C@@H]1CN(Cc2ccccc2CNC(=O)[C@@H]2CCCN2C(=O)OC(C)(C)C)C[C@H](C)O1. The summed E-state index contributed by atoms with van der Waals surface area (Å²) < 4.78 is 11.3. The molecule has 172 valence electrons. The minimum atomic E-state index is -0.575. The van der Waals surface area contributed by atoms with Crippen LogP contribution in [0.5, 0.6) is 0 Å². The number of ether oxygens (including phenoxy) is 2. The first-order chi connectivity index (χ1) is 14.6. The maximum absolute atomic E-state index is 12.9. The fraction of sp³-hybridized carbons (Fsp3) is 0.667. The number of morpholine rings is 1. The number of carbonyl (C=O) groups is 2. The first-order valence-electron chi connectivity index (χ1n) is 11.3. The minimum Gasteiger partial charge on any atom is -0.444 e. The number of likely N-dealkylation sites (tertiary alicyclic amines) is 1. The van der Waals surface area contributed by atoms with Crippen molar-refractivity contribution in [2.45, 2.75) is 84.4 Å². The number of carbonyl (C=O) groups excluding carboxylic acids is 2. The highest BCUT2D eigenvalue weighted by atomic mass is 16.6. The van der Waals surface area contributed by atoms with E-state index in [-0.39, 0.29) is 18.1 Å². The van der Waals surface area contributed by atoms with Gasteiger partial charge in [-0.25, -0.2) is 4.79 Å². The van der Waals surface area contributed by atoms with E-state index in [4.69, 9.17) is 9.47 Å². The first kappa shape index (κ1) is 23.5. The zero-order chi connectivity index (χ0) is 22.6. The molecule has 2 aliphatic heterocycles. The topological polar surface area (TPSA) is 71.1 Å². The van der Waals surface area contributed by atoms with Crippen LogP contribution in [-0.4, -0.2) is 65.3 Å². The van der Waals surface area contributed by atoms with Crippen LogP contribution in [0.1, 0.15) is 58.6 Å².